The van der Waals surface area contributed by atoms with Gasteiger partial charge in [0.2, 0.25) is 0 Å². The Bertz CT molecular complexity index is 1120. The first-order chi connectivity index (χ1) is 15.6. The monoisotopic (exact) mass is 441 g/mol. The molecule has 2 amide bonds. The van der Waals surface area contributed by atoms with Crippen LogP contribution in [0.25, 0.3) is 11.0 Å². The van der Waals surface area contributed by atoms with Gasteiger partial charge in [0.25, 0.3) is 0 Å². The number of aliphatic hydroxyl groups excluding tert-OH is 1. The van der Waals surface area contributed by atoms with E-state index in [1.807, 2.05) is 0 Å². The first-order valence-corrected chi connectivity index (χ1v) is 10.1. The molecule has 4 heterocycles. The molecule has 2 aliphatic rings. The van der Waals surface area contributed by atoms with Crippen molar-refractivity contribution < 1.29 is 28.8 Å². The number of pyridine rings is 1. The van der Waals surface area contributed by atoms with Crippen LogP contribution in [0.3, 0.4) is 0 Å². The van der Waals surface area contributed by atoms with Crippen molar-refractivity contribution in [3.05, 3.63) is 43.0 Å². The molecule has 32 heavy (non-hydrogen) atoms. The maximum atomic E-state index is 12.6. The molecule has 2 aliphatic heterocycles. The minimum absolute atomic E-state index is 0.250. The topological polar surface area (TPSA) is 129 Å². The van der Waals surface area contributed by atoms with E-state index in [2.05, 4.69) is 20.6 Å². The van der Waals surface area contributed by atoms with Crippen molar-refractivity contribution in [2.75, 3.05) is 26.1 Å². The number of carbonyl (C=O) groups excluding carboxylic acids is 1. The molecule has 2 bridgehead atoms. The van der Waals surface area contributed by atoms with Gasteiger partial charge >= 0.3 is 6.03 Å². The zero-order chi connectivity index (χ0) is 22.2. The molecule has 0 unspecified atom stereocenters. The minimum atomic E-state index is -0.994. The van der Waals surface area contributed by atoms with Crippen LogP contribution in [0.15, 0.2) is 43.0 Å². The third-order valence-corrected chi connectivity index (χ3v) is 5.75. The van der Waals surface area contributed by atoms with Crippen molar-refractivity contribution in [2.45, 2.75) is 30.6 Å². The van der Waals surface area contributed by atoms with E-state index in [4.69, 9.17) is 18.9 Å². The Morgan fingerprint density at radius 1 is 1.28 bits per heavy atom. The Morgan fingerprint density at radius 3 is 2.84 bits per heavy atom. The van der Waals surface area contributed by atoms with Crippen LogP contribution < -0.4 is 20.1 Å². The van der Waals surface area contributed by atoms with Gasteiger partial charge in [0.1, 0.15) is 18.2 Å². The molecule has 2 saturated heterocycles. The van der Waals surface area contributed by atoms with Gasteiger partial charge in [-0.05, 0) is 12.1 Å². The summed E-state index contributed by atoms with van der Waals surface area (Å²) in [5.74, 6) is 1.08. The molecule has 0 radical (unpaired) electrons. The predicted octanol–water partition coefficient (Wildman–Crippen LogP) is 1.30. The summed E-state index contributed by atoms with van der Waals surface area (Å²) in [6.07, 6.45) is 2.60. The number of amides is 2. The largest absolute Gasteiger partial charge is 0.493 e. The second-order valence-corrected chi connectivity index (χ2v) is 7.57. The van der Waals surface area contributed by atoms with E-state index in [-0.39, 0.29) is 6.61 Å². The summed E-state index contributed by atoms with van der Waals surface area (Å²) in [5.41, 5.74) is 1.91. The molecule has 0 aliphatic carbocycles. The predicted molar refractivity (Wildman–Crippen MR) is 113 cm³/mol. The van der Waals surface area contributed by atoms with Crippen molar-refractivity contribution in [1.82, 2.24) is 19.9 Å². The molecule has 2 aromatic heterocycles. The van der Waals surface area contributed by atoms with Gasteiger partial charge in [0.15, 0.2) is 17.8 Å². The van der Waals surface area contributed by atoms with Crippen molar-refractivity contribution in [2.24, 2.45) is 0 Å². The Hall–Kier alpha value is -3.41. The van der Waals surface area contributed by atoms with Crippen LogP contribution in [0.4, 0.5) is 10.5 Å². The number of nitrogens with zero attached hydrogens (tertiary/aromatic N) is 3. The molecule has 11 heteroatoms. The smallest absolute Gasteiger partial charge is 0.319 e. The molecule has 3 aromatic rings. The van der Waals surface area contributed by atoms with Gasteiger partial charge in [-0.2, -0.15) is 0 Å². The number of hydrogen-bond acceptors (Lipinski definition) is 8. The summed E-state index contributed by atoms with van der Waals surface area (Å²) < 4.78 is 24.3. The van der Waals surface area contributed by atoms with Crippen LogP contribution in [0.1, 0.15) is 6.04 Å². The maximum absolute atomic E-state index is 12.6. The number of imidazole rings is 1. The lowest BCUT2D eigenvalue weighted by atomic mass is 9.95. The molecule has 2 fully saturated rings. The number of ether oxygens (including phenoxy) is 4. The number of urea groups is 1. The Kier molecular flexibility index (Phi) is 5.29. The summed E-state index contributed by atoms with van der Waals surface area (Å²) in [6, 6.07) is 5.16. The summed E-state index contributed by atoms with van der Waals surface area (Å²) in [4.78, 5) is 21.0. The molecular formula is C21H23N5O6. The molecule has 5 atom stereocenters. The molecule has 1 aromatic carbocycles. The Labute approximate surface area is 183 Å². The Morgan fingerprint density at radius 2 is 2.09 bits per heavy atom. The lowest BCUT2D eigenvalue weighted by Gasteiger charge is -2.39. The quantitative estimate of drug-likeness (QED) is 0.540. The zero-order valence-electron chi connectivity index (χ0n) is 17.5. The van der Waals surface area contributed by atoms with Gasteiger partial charge in [-0.15, -0.1) is 0 Å². The van der Waals surface area contributed by atoms with Gasteiger partial charge in [-0.25, -0.2) is 9.78 Å². The second kappa shape index (κ2) is 8.26. The summed E-state index contributed by atoms with van der Waals surface area (Å²) in [7, 11) is 3.10. The number of rotatable bonds is 5. The summed E-state index contributed by atoms with van der Waals surface area (Å²) in [5, 5.41) is 16.8. The average Bonchev–Trinajstić information content (AvgIpc) is 3.42. The third kappa shape index (κ3) is 3.49. The maximum Gasteiger partial charge on any atom is 0.319 e. The standard InChI is InChI=1S/C21H23N5O6/c1-29-14-6-12-13(7-15(14)30-2)26(10-23-12)18-19(27)17(16-9-31-20(18)32-16)25-21(28)24-11-4-3-5-22-8-11/h3-8,10,16-20,27H,9H2,1-2H3,(H2,24,25,28)/t16-,17-,18-,19+,20-/m1/s1. The number of fused-ring (bicyclic) bond motifs is 3. The number of nitrogens with one attached hydrogen (secondary N) is 2. The number of aliphatic hydroxyl groups is 1. The van der Waals surface area contributed by atoms with Crippen LogP contribution in [-0.2, 0) is 9.47 Å². The van der Waals surface area contributed by atoms with E-state index in [0.717, 1.165) is 0 Å². The number of aromatic nitrogens is 3. The van der Waals surface area contributed by atoms with E-state index in [0.29, 0.717) is 28.2 Å². The van der Waals surface area contributed by atoms with Gasteiger partial charge in [-0.1, -0.05) is 0 Å². The van der Waals surface area contributed by atoms with E-state index in [1.54, 1.807) is 55.6 Å². The number of carbonyl (C=O) groups is 1. The van der Waals surface area contributed by atoms with E-state index >= 15 is 0 Å². The number of benzene rings is 1. The fourth-order valence-corrected chi connectivity index (χ4v) is 4.22. The highest BCUT2D eigenvalue weighted by Gasteiger charge is 2.51. The molecule has 3 N–H and O–H groups in total. The van der Waals surface area contributed by atoms with Gasteiger partial charge in [0, 0.05) is 18.3 Å². The SMILES string of the molecule is COc1cc2ncn([C@H]3[C@@H]4OC[C@@H](O4)[C@@H](NC(=O)Nc4cccnc4)[C@@H]3O)c2cc1OC. The summed E-state index contributed by atoms with van der Waals surface area (Å²) in [6.45, 7) is 0.250. The van der Waals surface area contributed by atoms with Crippen molar-refractivity contribution in [1.29, 1.82) is 0 Å². The fraction of sp³-hybridized carbons (Fsp3) is 0.381. The normalized spacial score (nSPS) is 26.7. The first kappa shape index (κ1) is 20.5. The van der Waals surface area contributed by atoms with Crippen molar-refractivity contribution in [3.8, 4) is 11.5 Å². The molecule has 0 saturated carbocycles. The van der Waals surface area contributed by atoms with Crippen LogP contribution in [-0.4, -0.2) is 71.0 Å². The highest BCUT2D eigenvalue weighted by molar-refractivity contribution is 5.89. The van der Waals surface area contributed by atoms with Gasteiger partial charge < -0.3 is 39.3 Å². The van der Waals surface area contributed by atoms with E-state index in [1.165, 1.54) is 6.20 Å². The van der Waals surface area contributed by atoms with E-state index in [9.17, 15) is 9.90 Å². The number of anilines is 1. The van der Waals surface area contributed by atoms with Crippen LogP contribution in [0, 0.1) is 0 Å². The fourth-order valence-electron chi connectivity index (χ4n) is 4.22. The minimum Gasteiger partial charge on any atom is -0.493 e. The molecule has 0 spiro atoms. The molecule has 5 rings (SSSR count). The number of hydrogen-bond donors (Lipinski definition) is 3. The molecule has 168 valence electrons. The third-order valence-electron chi connectivity index (χ3n) is 5.75. The van der Waals surface area contributed by atoms with Crippen molar-refractivity contribution >= 4 is 22.8 Å². The number of methoxy groups -OCH3 is 2. The van der Waals surface area contributed by atoms with Gasteiger partial charge in [-0.3, -0.25) is 4.98 Å². The van der Waals surface area contributed by atoms with E-state index < -0.39 is 36.6 Å². The zero-order valence-corrected chi connectivity index (χ0v) is 17.5. The molecule has 11 nitrogen and oxygen atoms in total. The lowest BCUT2D eigenvalue weighted by molar-refractivity contribution is -0.162. The highest BCUT2D eigenvalue weighted by Crippen LogP contribution is 2.39. The first-order valence-electron chi connectivity index (χ1n) is 10.1. The average molecular weight is 441 g/mol. The molecular weight excluding hydrogens is 418 g/mol. The Balaban J connectivity index is 1.43. The highest BCUT2D eigenvalue weighted by atomic mass is 16.7. The second-order valence-electron chi connectivity index (χ2n) is 7.57. The van der Waals surface area contributed by atoms with Gasteiger partial charge in [0.05, 0.1) is 56.1 Å². The van der Waals surface area contributed by atoms with Crippen LogP contribution >= 0.6 is 0 Å². The lowest BCUT2D eigenvalue weighted by Crippen LogP contribution is -2.59. The van der Waals surface area contributed by atoms with Crippen LogP contribution in [0.2, 0.25) is 0 Å². The van der Waals surface area contributed by atoms with Crippen molar-refractivity contribution in [3.63, 3.8) is 0 Å². The van der Waals surface area contributed by atoms with Crippen LogP contribution in [0.5, 0.6) is 11.5 Å². The summed E-state index contributed by atoms with van der Waals surface area (Å²) >= 11 is 0.